The van der Waals surface area contributed by atoms with Crippen molar-refractivity contribution in [1.29, 1.82) is 0 Å². The Morgan fingerprint density at radius 2 is 2.04 bits per heavy atom. The van der Waals surface area contributed by atoms with Crippen molar-refractivity contribution in [2.24, 2.45) is 0 Å². The summed E-state index contributed by atoms with van der Waals surface area (Å²) in [6.45, 7) is 1.17. The number of pyridine rings is 2. The molecule has 2 amide bonds. The maximum absolute atomic E-state index is 12.1. The van der Waals surface area contributed by atoms with Gasteiger partial charge in [-0.3, -0.25) is 19.6 Å². The second kappa shape index (κ2) is 8.60. The lowest BCUT2D eigenvalue weighted by Crippen LogP contribution is -2.28. The van der Waals surface area contributed by atoms with Crippen molar-refractivity contribution in [3.05, 3.63) is 59.7 Å². The number of aromatic nitrogens is 2. The number of hydrogen-bond donors (Lipinski definition) is 2. The summed E-state index contributed by atoms with van der Waals surface area (Å²) in [5.41, 5.74) is 1.45. The van der Waals surface area contributed by atoms with Crippen molar-refractivity contribution in [2.45, 2.75) is 6.54 Å². The van der Waals surface area contributed by atoms with E-state index >= 15 is 0 Å². The average Bonchev–Trinajstić information content (AvgIpc) is 2.61. The minimum atomic E-state index is -0.347. The van der Waals surface area contributed by atoms with Gasteiger partial charge in [0.2, 0.25) is 0 Å². The molecule has 0 bridgehead atoms. The Labute approximate surface area is 134 Å². The van der Waals surface area contributed by atoms with E-state index < -0.39 is 0 Å². The first kappa shape index (κ1) is 16.6. The fourth-order valence-electron chi connectivity index (χ4n) is 1.84. The number of methoxy groups -OCH3 is 1. The van der Waals surface area contributed by atoms with Crippen molar-refractivity contribution in [3.63, 3.8) is 0 Å². The van der Waals surface area contributed by atoms with Gasteiger partial charge in [0.05, 0.1) is 6.61 Å². The fourth-order valence-corrected chi connectivity index (χ4v) is 1.84. The number of ether oxygens (including phenoxy) is 1. The molecule has 2 heterocycles. The van der Waals surface area contributed by atoms with E-state index in [2.05, 4.69) is 20.6 Å². The minimum absolute atomic E-state index is 0.188. The predicted molar refractivity (Wildman–Crippen MR) is 83.9 cm³/mol. The molecule has 0 unspecified atom stereocenters. The molecular formula is C16H18N4O3. The minimum Gasteiger partial charge on any atom is -0.383 e. The molecule has 0 spiro atoms. The SMILES string of the molecule is COCCNC(=O)c1ccnc(C(=O)NCc2cccnc2)c1. The average molecular weight is 314 g/mol. The quantitative estimate of drug-likeness (QED) is 0.737. The highest BCUT2D eigenvalue weighted by molar-refractivity contribution is 5.98. The topological polar surface area (TPSA) is 93.2 Å². The second-order valence-corrected chi connectivity index (χ2v) is 4.72. The maximum Gasteiger partial charge on any atom is 0.270 e. The van der Waals surface area contributed by atoms with Crippen LogP contribution >= 0.6 is 0 Å². The Hall–Kier alpha value is -2.80. The summed E-state index contributed by atoms with van der Waals surface area (Å²) in [4.78, 5) is 32.0. The molecule has 0 atom stereocenters. The largest absolute Gasteiger partial charge is 0.383 e. The van der Waals surface area contributed by atoms with Crippen LogP contribution in [0.25, 0.3) is 0 Å². The summed E-state index contributed by atoms with van der Waals surface area (Å²) >= 11 is 0. The molecule has 2 N–H and O–H groups in total. The van der Waals surface area contributed by atoms with Gasteiger partial charge in [0.1, 0.15) is 5.69 Å². The zero-order valence-corrected chi connectivity index (χ0v) is 12.8. The van der Waals surface area contributed by atoms with Crippen molar-refractivity contribution in [2.75, 3.05) is 20.3 Å². The van der Waals surface area contributed by atoms with Crippen LogP contribution in [0.1, 0.15) is 26.4 Å². The van der Waals surface area contributed by atoms with Crippen LogP contribution in [0, 0.1) is 0 Å². The van der Waals surface area contributed by atoms with E-state index in [-0.39, 0.29) is 17.5 Å². The zero-order valence-electron chi connectivity index (χ0n) is 12.8. The van der Waals surface area contributed by atoms with Gasteiger partial charge in [-0.2, -0.15) is 0 Å². The van der Waals surface area contributed by atoms with E-state index in [1.807, 2.05) is 6.07 Å². The number of carbonyl (C=O) groups is 2. The summed E-state index contributed by atoms with van der Waals surface area (Å²) in [5.74, 6) is -0.619. The molecule has 0 aliphatic carbocycles. The molecule has 0 fully saturated rings. The van der Waals surface area contributed by atoms with Gasteiger partial charge in [0.15, 0.2) is 0 Å². The Morgan fingerprint density at radius 1 is 1.17 bits per heavy atom. The number of hydrogen-bond acceptors (Lipinski definition) is 5. The van der Waals surface area contributed by atoms with E-state index in [9.17, 15) is 9.59 Å². The van der Waals surface area contributed by atoms with Gasteiger partial charge in [0.25, 0.3) is 11.8 Å². The van der Waals surface area contributed by atoms with E-state index in [4.69, 9.17) is 4.74 Å². The van der Waals surface area contributed by atoms with E-state index in [0.29, 0.717) is 25.3 Å². The molecule has 2 rings (SSSR count). The molecular weight excluding hydrogens is 296 g/mol. The molecule has 2 aromatic rings. The van der Waals surface area contributed by atoms with Crippen molar-refractivity contribution in [3.8, 4) is 0 Å². The molecule has 2 aromatic heterocycles. The number of amides is 2. The summed E-state index contributed by atoms with van der Waals surface area (Å²) in [7, 11) is 1.56. The Balaban J connectivity index is 1.95. The summed E-state index contributed by atoms with van der Waals surface area (Å²) < 4.78 is 4.87. The summed E-state index contributed by atoms with van der Waals surface area (Å²) in [6.07, 6.45) is 4.77. The molecule has 7 nitrogen and oxygen atoms in total. The van der Waals surface area contributed by atoms with Crippen LogP contribution in [0.2, 0.25) is 0 Å². The van der Waals surface area contributed by atoms with Gasteiger partial charge in [0, 0.05) is 44.4 Å². The third-order valence-electron chi connectivity index (χ3n) is 3.02. The van der Waals surface area contributed by atoms with Gasteiger partial charge < -0.3 is 15.4 Å². The highest BCUT2D eigenvalue weighted by atomic mass is 16.5. The third-order valence-corrected chi connectivity index (χ3v) is 3.02. The summed E-state index contributed by atoms with van der Waals surface area (Å²) in [6, 6.07) is 6.67. The molecule has 120 valence electrons. The van der Waals surface area contributed by atoms with Gasteiger partial charge in [-0.25, -0.2) is 0 Å². The van der Waals surface area contributed by atoms with Crippen LogP contribution in [0.15, 0.2) is 42.9 Å². The molecule has 23 heavy (non-hydrogen) atoms. The Bertz CT molecular complexity index is 661. The van der Waals surface area contributed by atoms with E-state index in [0.717, 1.165) is 5.56 Å². The first-order chi connectivity index (χ1) is 11.2. The Morgan fingerprint density at radius 3 is 2.78 bits per heavy atom. The third kappa shape index (κ3) is 5.15. The van der Waals surface area contributed by atoms with Crippen LogP contribution in [0.3, 0.4) is 0 Å². The zero-order chi connectivity index (χ0) is 16.5. The lowest BCUT2D eigenvalue weighted by atomic mass is 10.2. The smallest absolute Gasteiger partial charge is 0.270 e. The standard InChI is InChI=1S/C16H18N4O3/c1-23-8-7-19-15(21)13-4-6-18-14(9-13)16(22)20-11-12-3-2-5-17-10-12/h2-6,9-10H,7-8,11H2,1H3,(H,19,21)(H,20,22). The van der Waals surface area contributed by atoms with E-state index in [1.54, 1.807) is 31.6 Å². The Kier molecular flexibility index (Phi) is 6.19. The fraction of sp³-hybridized carbons (Fsp3) is 0.250. The maximum atomic E-state index is 12.1. The highest BCUT2D eigenvalue weighted by Gasteiger charge is 2.11. The molecule has 0 aliphatic heterocycles. The van der Waals surface area contributed by atoms with Gasteiger partial charge in [-0.15, -0.1) is 0 Å². The van der Waals surface area contributed by atoms with Crippen LogP contribution < -0.4 is 10.6 Å². The summed E-state index contributed by atoms with van der Waals surface area (Å²) in [5, 5.41) is 5.43. The van der Waals surface area contributed by atoms with Crippen LogP contribution in [-0.2, 0) is 11.3 Å². The molecule has 0 saturated carbocycles. The van der Waals surface area contributed by atoms with Crippen molar-refractivity contribution >= 4 is 11.8 Å². The van der Waals surface area contributed by atoms with Gasteiger partial charge in [-0.1, -0.05) is 6.07 Å². The van der Waals surface area contributed by atoms with Crippen LogP contribution in [0.4, 0.5) is 0 Å². The normalized spacial score (nSPS) is 10.1. The number of carbonyl (C=O) groups excluding carboxylic acids is 2. The molecule has 0 aromatic carbocycles. The molecule has 0 radical (unpaired) electrons. The van der Waals surface area contributed by atoms with Gasteiger partial charge >= 0.3 is 0 Å². The number of nitrogens with one attached hydrogen (secondary N) is 2. The highest BCUT2D eigenvalue weighted by Crippen LogP contribution is 2.03. The first-order valence-electron chi connectivity index (χ1n) is 7.11. The number of nitrogens with zero attached hydrogens (tertiary/aromatic N) is 2. The molecule has 0 aliphatic rings. The second-order valence-electron chi connectivity index (χ2n) is 4.72. The van der Waals surface area contributed by atoms with Gasteiger partial charge in [-0.05, 0) is 23.8 Å². The van der Waals surface area contributed by atoms with Crippen molar-refractivity contribution < 1.29 is 14.3 Å². The molecule has 7 heteroatoms. The van der Waals surface area contributed by atoms with Crippen LogP contribution in [0.5, 0.6) is 0 Å². The van der Waals surface area contributed by atoms with Crippen molar-refractivity contribution in [1.82, 2.24) is 20.6 Å². The lowest BCUT2D eigenvalue weighted by Gasteiger charge is -2.07. The molecule has 0 saturated heterocycles. The van der Waals surface area contributed by atoms with Crippen LogP contribution in [-0.4, -0.2) is 42.0 Å². The first-order valence-corrected chi connectivity index (χ1v) is 7.11. The lowest BCUT2D eigenvalue weighted by molar-refractivity contribution is 0.0937. The predicted octanol–water partition coefficient (Wildman–Crippen LogP) is 0.783. The number of rotatable bonds is 7. The van der Waals surface area contributed by atoms with E-state index in [1.165, 1.54) is 12.3 Å². The monoisotopic (exact) mass is 314 g/mol.